The van der Waals surface area contributed by atoms with Gasteiger partial charge in [-0.25, -0.2) is 0 Å². The van der Waals surface area contributed by atoms with Crippen LogP contribution < -0.4 is 0 Å². The van der Waals surface area contributed by atoms with E-state index in [2.05, 4.69) is 18.4 Å². The molecular weight excluding hydrogens is 240 g/mol. The minimum Gasteiger partial charge on any atom is -0.392 e. The van der Waals surface area contributed by atoms with Crippen molar-refractivity contribution in [1.82, 2.24) is 0 Å². The van der Waals surface area contributed by atoms with Crippen molar-refractivity contribution in [3.63, 3.8) is 0 Å². The Kier molecular flexibility index (Phi) is 3.76. The highest BCUT2D eigenvalue weighted by molar-refractivity contribution is 7.10. The van der Waals surface area contributed by atoms with E-state index >= 15 is 0 Å². The van der Waals surface area contributed by atoms with E-state index < -0.39 is 0 Å². The van der Waals surface area contributed by atoms with Gasteiger partial charge in [-0.05, 0) is 60.9 Å². The van der Waals surface area contributed by atoms with Gasteiger partial charge in [0.05, 0.1) is 6.10 Å². The van der Waals surface area contributed by atoms with Crippen molar-refractivity contribution in [1.29, 1.82) is 0 Å². The standard InChI is InChI=1S/C16H24OS/c1-11-5-7-12(8-6-11)16(17)14-3-2-4-15-13(14)9-10-18-15/h9-12,14,16-17H,2-8H2,1H3. The van der Waals surface area contributed by atoms with Crippen molar-refractivity contribution in [3.05, 3.63) is 21.9 Å². The van der Waals surface area contributed by atoms with E-state index in [1.807, 2.05) is 11.3 Å². The van der Waals surface area contributed by atoms with E-state index in [9.17, 15) is 5.11 Å². The summed E-state index contributed by atoms with van der Waals surface area (Å²) in [4.78, 5) is 1.54. The highest BCUT2D eigenvalue weighted by Crippen LogP contribution is 2.42. The average Bonchev–Trinajstić information content (AvgIpc) is 2.87. The van der Waals surface area contributed by atoms with E-state index in [1.54, 1.807) is 0 Å². The Morgan fingerprint density at radius 1 is 1.22 bits per heavy atom. The fourth-order valence-corrected chi connectivity index (χ4v) is 4.83. The Bertz CT molecular complexity index is 390. The first kappa shape index (κ1) is 12.7. The summed E-state index contributed by atoms with van der Waals surface area (Å²) >= 11 is 1.88. The number of rotatable bonds is 2. The van der Waals surface area contributed by atoms with Gasteiger partial charge in [-0.15, -0.1) is 11.3 Å². The molecule has 2 aliphatic rings. The van der Waals surface area contributed by atoms with Crippen LogP contribution in [0.4, 0.5) is 0 Å². The molecule has 1 saturated carbocycles. The Morgan fingerprint density at radius 2 is 2.00 bits per heavy atom. The maximum atomic E-state index is 10.8. The molecule has 1 fully saturated rings. The lowest BCUT2D eigenvalue weighted by Crippen LogP contribution is -2.32. The van der Waals surface area contributed by atoms with Crippen LogP contribution >= 0.6 is 11.3 Å². The van der Waals surface area contributed by atoms with Gasteiger partial charge < -0.3 is 5.11 Å². The Balaban J connectivity index is 1.72. The van der Waals surface area contributed by atoms with Crippen molar-refractivity contribution < 1.29 is 5.11 Å². The molecule has 2 unspecified atom stereocenters. The van der Waals surface area contributed by atoms with Crippen molar-refractivity contribution in [3.8, 4) is 0 Å². The van der Waals surface area contributed by atoms with Crippen LogP contribution in [0.15, 0.2) is 11.4 Å². The molecule has 1 aromatic rings. The fraction of sp³-hybridized carbons (Fsp3) is 0.750. The number of fused-ring (bicyclic) bond motifs is 1. The molecule has 1 nitrogen and oxygen atoms in total. The van der Waals surface area contributed by atoms with Crippen LogP contribution in [0.5, 0.6) is 0 Å². The largest absolute Gasteiger partial charge is 0.392 e. The zero-order valence-electron chi connectivity index (χ0n) is 11.3. The average molecular weight is 264 g/mol. The van der Waals surface area contributed by atoms with Gasteiger partial charge in [0.2, 0.25) is 0 Å². The number of aliphatic hydroxyl groups is 1. The van der Waals surface area contributed by atoms with Gasteiger partial charge in [0.1, 0.15) is 0 Å². The number of aryl methyl sites for hydroxylation is 1. The maximum Gasteiger partial charge on any atom is 0.0637 e. The summed E-state index contributed by atoms with van der Waals surface area (Å²) in [5.74, 6) is 1.85. The van der Waals surface area contributed by atoms with Gasteiger partial charge in [0, 0.05) is 10.8 Å². The van der Waals surface area contributed by atoms with Gasteiger partial charge in [0.25, 0.3) is 0 Å². The summed E-state index contributed by atoms with van der Waals surface area (Å²) in [5, 5.41) is 13.0. The molecule has 2 aliphatic carbocycles. The minimum atomic E-state index is -0.0915. The van der Waals surface area contributed by atoms with E-state index in [0.29, 0.717) is 11.8 Å². The van der Waals surface area contributed by atoms with E-state index in [4.69, 9.17) is 0 Å². The van der Waals surface area contributed by atoms with Crippen LogP contribution in [0, 0.1) is 11.8 Å². The number of thiophene rings is 1. The predicted octanol–water partition coefficient (Wildman–Crippen LogP) is 4.36. The van der Waals surface area contributed by atoms with Crippen LogP contribution in [0.3, 0.4) is 0 Å². The quantitative estimate of drug-likeness (QED) is 0.841. The molecule has 0 aliphatic heterocycles. The van der Waals surface area contributed by atoms with Crippen LogP contribution in [0.1, 0.15) is 61.8 Å². The second-order valence-corrected chi connectivity index (χ2v) is 7.31. The summed E-state index contributed by atoms with van der Waals surface area (Å²) in [6.45, 7) is 2.35. The third-order valence-corrected chi connectivity index (χ3v) is 6.05. The van der Waals surface area contributed by atoms with Crippen LogP contribution in [0.25, 0.3) is 0 Å². The topological polar surface area (TPSA) is 20.2 Å². The Morgan fingerprint density at radius 3 is 2.78 bits per heavy atom. The van der Waals surface area contributed by atoms with Crippen LogP contribution in [-0.4, -0.2) is 11.2 Å². The van der Waals surface area contributed by atoms with Gasteiger partial charge in [0.15, 0.2) is 0 Å². The molecule has 3 rings (SSSR count). The molecule has 18 heavy (non-hydrogen) atoms. The maximum absolute atomic E-state index is 10.8. The van der Waals surface area contributed by atoms with Crippen molar-refractivity contribution in [2.75, 3.05) is 0 Å². The van der Waals surface area contributed by atoms with Crippen LogP contribution in [0.2, 0.25) is 0 Å². The van der Waals surface area contributed by atoms with Crippen molar-refractivity contribution in [2.24, 2.45) is 11.8 Å². The monoisotopic (exact) mass is 264 g/mol. The summed E-state index contributed by atoms with van der Waals surface area (Å²) in [5.41, 5.74) is 1.47. The molecule has 0 radical (unpaired) electrons. The molecule has 0 amide bonds. The first-order chi connectivity index (χ1) is 8.75. The molecule has 0 spiro atoms. The zero-order valence-corrected chi connectivity index (χ0v) is 12.1. The lowest BCUT2D eigenvalue weighted by Gasteiger charge is -2.36. The Labute approximate surface area is 114 Å². The first-order valence-electron chi connectivity index (χ1n) is 7.50. The molecule has 1 aromatic heterocycles. The summed E-state index contributed by atoms with van der Waals surface area (Å²) in [7, 11) is 0. The van der Waals surface area contributed by atoms with Crippen molar-refractivity contribution >= 4 is 11.3 Å². The Hall–Kier alpha value is -0.340. The molecule has 1 N–H and O–H groups in total. The van der Waals surface area contributed by atoms with Gasteiger partial charge in [-0.2, -0.15) is 0 Å². The molecular formula is C16H24OS. The normalized spacial score (nSPS) is 34.0. The third-order valence-electron chi connectivity index (χ3n) is 5.05. The lowest BCUT2D eigenvalue weighted by molar-refractivity contribution is 0.0481. The third kappa shape index (κ3) is 2.37. The number of hydrogen-bond acceptors (Lipinski definition) is 2. The van der Waals surface area contributed by atoms with Gasteiger partial charge in [-0.1, -0.05) is 19.8 Å². The molecule has 0 aromatic carbocycles. The van der Waals surface area contributed by atoms with Crippen LogP contribution in [-0.2, 0) is 6.42 Å². The molecule has 2 atom stereocenters. The zero-order chi connectivity index (χ0) is 12.5. The predicted molar refractivity (Wildman–Crippen MR) is 77.1 cm³/mol. The summed E-state index contributed by atoms with van der Waals surface area (Å²) < 4.78 is 0. The van der Waals surface area contributed by atoms with E-state index in [0.717, 1.165) is 5.92 Å². The second-order valence-electron chi connectivity index (χ2n) is 6.31. The van der Waals surface area contributed by atoms with Gasteiger partial charge in [-0.3, -0.25) is 0 Å². The first-order valence-corrected chi connectivity index (χ1v) is 8.38. The molecule has 0 saturated heterocycles. The molecule has 0 bridgehead atoms. The fourth-order valence-electron chi connectivity index (χ4n) is 3.83. The van der Waals surface area contributed by atoms with E-state index in [-0.39, 0.29) is 6.10 Å². The summed E-state index contributed by atoms with van der Waals surface area (Å²) in [6.07, 6.45) is 8.69. The summed E-state index contributed by atoms with van der Waals surface area (Å²) in [6, 6.07) is 2.26. The van der Waals surface area contributed by atoms with Gasteiger partial charge >= 0.3 is 0 Å². The van der Waals surface area contributed by atoms with Crippen molar-refractivity contribution in [2.45, 2.75) is 63.9 Å². The molecule has 1 heterocycles. The molecule has 100 valence electrons. The highest BCUT2D eigenvalue weighted by Gasteiger charge is 2.33. The second kappa shape index (κ2) is 5.34. The lowest BCUT2D eigenvalue weighted by atomic mass is 9.73. The smallest absolute Gasteiger partial charge is 0.0637 e. The van der Waals surface area contributed by atoms with E-state index in [1.165, 1.54) is 55.4 Å². The highest BCUT2D eigenvalue weighted by atomic mass is 32.1. The number of hydrogen-bond donors (Lipinski definition) is 1. The molecule has 2 heteroatoms. The number of aliphatic hydroxyl groups excluding tert-OH is 1. The SMILES string of the molecule is CC1CCC(C(O)C2CCCc3sccc32)CC1. The minimum absolute atomic E-state index is 0.0915.